The highest BCUT2D eigenvalue weighted by atomic mass is 16.1. The van der Waals surface area contributed by atoms with Crippen molar-refractivity contribution in [2.45, 2.75) is 33.6 Å². The SMILES string of the molecule is C=C/C(=C\C)C1(C(=O)C(C)C)CC1. The summed E-state index contributed by atoms with van der Waals surface area (Å²) in [6, 6.07) is 0. The van der Waals surface area contributed by atoms with Crippen LogP contribution in [-0.4, -0.2) is 5.78 Å². The highest BCUT2D eigenvalue weighted by Crippen LogP contribution is 2.54. The molecule has 1 fully saturated rings. The number of rotatable bonds is 4. The summed E-state index contributed by atoms with van der Waals surface area (Å²) < 4.78 is 0. The van der Waals surface area contributed by atoms with E-state index in [1.165, 1.54) is 0 Å². The van der Waals surface area contributed by atoms with E-state index in [0.29, 0.717) is 5.78 Å². The number of Topliss-reactive ketones (excluding diaryl/α,β-unsaturated/α-hetero) is 1. The molecule has 0 atom stereocenters. The van der Waals surface area contributed by atoms with Gasteiger partial charge in [-0.3, -0.25) is 4.79 Å². The minimum Gasteiger partial charge on any atom is -0.298 e. The van der Waals surface area contributed by atoms with E-state index in [1.54, 1.807) is 0 Å². The Morgan fingerprint density at radius 3 is 2.23 bits per heavy atom. The Hall–Kier alpha value is -0.850. The van der Waals surface area contributed by atoms with Gasteiger partial charge in [-0.1, -0.05) is 32.6 Å². The summed E-state index contributed by atoms with van der Waals surface area (Å²) >= 11 is 0. The number of carbonyl (C=O) groups is 1. The van der Waals surface area contributed by atoms with Gasteiger partial charge in [0.15, 0.2) is 0 Å². The van der Waals surface area contributed by atoms with Gasteiger partial charge in [-0.15, -0.1) is 0 Å². The molecule has 72 valence electrons. The number of hydrogen-bond donors (Lipinski definition) is 0. The number of carbonyl (C=O) groups excluding carboxylic acids is 1. The quantitative estimate of drug-likeness (QED) is 0.604. The van der Waals surface area contributed by atoms with Crippen LogP contribution in [0.5, 0.6) is 0 Å². The number of ketones is 1. The Morgan fingerprint density at radius 1 is 1.46 bits per heavy atom. The van der Waals surface area contributed by atoms with E-state index >= 15 is 0 Å². The molecule has 0 radical (unpaired) electrons. The summed E-state index contributed by atoms with van der Waals surface area (Å²) in [5.74, 6) is 0.512. The Morgan fingerprint density at radius 2 is 2.00 bits per heavy atom. The Kier molecular flexibility index (Phi) is 2.74. The van der Waals surface area contributed by atoms with Crippen molar-refractivity contribution < 1.29 is 4.79 Å². The van der Waals surface area contributed by atoms with Crippen LogP contribution in [0.15, 0.2) is 24.3 Å². The minimum atomic E-state index is -0.148. The van der Waals surface area contributed by atoms with E-state index in [2.05, 4.69) is 6.58 Å². The zero-order chi connectivity index (χ0) is 10.1. The second-order valence-corrected chi connectivity index (χ2v) is 4.05. The molecule has 1 heteroatoms. The molecule has 1 aliphatic rings. The fourth-order valence-corrected chi connectivity index (χ4v) is 1.94. The summed E-state index contributed by atoms with van der Waals surface area (Å²) in [5.41, 5.74) is 0.969. The van der Waals surface area contributed by atoms with E-state index in [1.807, 2.05) is 32.9 Å². The number of allylic oxidation sites excluding steroid dienone is 3. The van der Waals surface area contributed by atoms with E-state index in [0.717, 1.165) is 18.4 Å². The summed E-state index contributed by atoms with van der Waals surface area (Å²) in [6.07, 6.45) is 5.86. The van der Waals surface area contributed by atoms with Crippen molar-refractivity contribution >= 4 is 5.78 Å². The third-order valence-corrected chi connectivity index (χ3v) is 2.83. The van der Waals surface area contributed by atoms with E-state index in [4.69, 9.17) is 0 Å². The Balaban J connectivity index is 2.89. The normalized spacial score (nSPS) is 20.2. The number of hydrogen-bond acceptors (Lipinski definition) is 1. The molecular formula is C12H18O. The van der Waals surface area contributed by atoms with Crippen LogP contribution in [0.1, 0.15) is 33.6 Å². The van der Waals surface area contributed by atoms with Crippen LogP contribution in [-0.2, 0) is 4.79 Å². The summed E-state index contributed by atoms with van der Waals surface area (Å²) in [7, 11) is 0. The fourth-order valence-electron chi connectivity index (χ4n) is 1.94. The van der Waals surface area contributed by atoms with Crippen LogP contribution in [0.2, 0.25) is 0 Å². The largest absolute Gasteiger partial charge is 0.298 e. The lowest BCUT2D eigenvalue weighted by Gasteiger charge is -2.17. The summed E-state index contributed by atoms with van der Waals surface area (Å²) in [6.45, 7) is 9.68. The third-order valence-electron chi connectivity index (χ3n) is 2.83. The van der Waals surface area contributed by atoms with Gasteiger partial charge in [0, 0.05) is 5.92 Å². The van der Waals surface area contributed by atoms with Gasteiger partial charge in [0.25, 0.3) is 0 Å². The second kappa shape index (κ2) is 3.49. The lowest BCUT2D eigenvalue weighted by molar-refractivity contribution is -0.125. The van der Waals surface area contributed by atoms with Crippen molar-refractivity contribution in [1.29, 1.82) is 0 Å². The minimum absolute atomic E-state index is 0.136. The van der Waals surface area contributed by atoms with Gasteiger partial charge in [0.1, 0.15) is 5.78 Å². The first kappa shape index (κ1) is 10.2. The molecule has 0 unspecified atom stereocenters. The van der Waals surface area contributed by atoms with Gasteiger partial charge >= 0.3 is 0 Å². The molecule has 0 aliphatic heterocycles. The third kappa shape index (κ3) is 1.60. The molecule has 1 saturated carbocycles. The smallest absolute Gasteiger partial charge is 0.145 e. The average Bonchev–Trinajstić information content (AvgIpc) is 2.87. The second-order valence-electron chi connectivity index (χ2n) is 4.05. The first-order valence-corrected chi connectivity index (χ1v) is 4.92. The molecule has 1 rings (SSSR count). The van der Waals surface area contributed by atoms with Gasteiger partial charge in [0.05, 0.1) is 5.41 Å². The Bertz CT molecular complexity index is 254. The molecule has 1 aliphatic carbocycles. The van der Waals surface area contributed by atoms with Crippen LogP contribution in [0.4, 0.5) is 0 Å². The van der Waals surface area contributed by atoms with E-state index in [-0.39, 0.29) is 11.3 Å². The van der Waals surface area contributed by atoms with Crippen molar-refractivity contribution in [1.82, 2.24) is 0 Å². The van der Waals surface area contributed by atoms with Crippen LogP contribution in [0.25, 0.3) is 0 Å². The molecular weight excluding hydrogens is 160 g/mol. The van der Waals surface area contributed by atoms with Gasteiger partial charge < -0.3 is 0 Å². The molecule has 0 saturated heterocycles. The molecule has 0 aromatic rings. The molecule has 13 heavy (non-hydrogen) atoms. The standard InChI is InChI=1S/C12H18O/c1-5-10(6-2)12(7-8-12)11(13)9(3)4/h5-6,9H,1,7-8H2,2-4H3/b10-6+. The predicted octanol–water partition coefficient (Wildman–Crippen LogP) is 3.12. The molecule has 0 bridgehead atoms. The van der Waals surface area contributed by atoms with Crippen molar-refractivity contribution in [3.05, 3.63) is 24.3 Å². The van der Waals surface area contributed by atoms with Crippen LogP contribution in [0, 0.1) is 11.3 Å². The Labute approximate surface area is 80.5 Å². The maximum Gasteiger partial charge on any atom is 0.145 e. The van der Waals surface area contributed by atoms with E-state index in [9.17, 15) is 4.79 Å². The molecule has 0 N–H and O–H groups in total. The molecule has 0 spiro atoms. The lowest BCUT2D eigenvalue weighted by atomic mass is 9.85. The lowest BCUT2D eigenvalue weighted by Crippen LogP contribution is -2.22. The first-order chi connectivity index (χ1) is 6.08. The van der Waals surface area contributed by atoms with Crippen LogP contribution in [0.3, 0.4) is 0 Å². The molecule has 0 aromatic heterocycles. The van der Waals surface area contributed by atoms with Crippen LogP contribution >= 0.6 is 0 Å². The van der Waals surface area contributed by atoms with Gasteiger partial charge in [-0.25, -0.2) is 0 Å². The maximum atomic E-state index is 11.9. The molecule has 0 amide bonds. The van der Waals surface area contributed by atoms with Crippen LogP contribution < -0.4 is 0 Å². The van der Waals surface area contributed by atoms with Crippen molar-refractivity contribution in [3.63, 3.8) is 0 Å². The van der Waals surface area contributed by atoms with E-state index < -0.39 is 0 Å². The summed E-state index contributed by atoms with van der Waals surface area (Å²) in [5, 5.41) is 0. The molecule has 0 aromatic carbocycles. The molecule has 1 nitrogen and oxygen atoms in total. The zero-order valence-corrected chi connectivity index (χ0v) is 8.76. The van der Waals surface area contributed by atoms with Crippen molar-refractivity contribution in [2.24, 2.45) is 11.3 Å². The topological polar surface area (TPSA) is 17.1 Å². The zero-order valence-electron chi connectivity index (χ0n) is 8.76. The maximum absolute atomic E-state index is 11.9. The highest BCUT2D eigenvalue weighted by molar-refractivity contribution is 5.92. The predicted molar refractivity (Wildman–Crippen MR) is 55.5 cm³/mol. The van der Waals surface area contributed by atoms with Gasteiger partial charge in [-0.05, 0) is 25.3 Å². The van der Waals surface area contributed by atoms with Gasteiger partial charge in [0.2, 0.25) is 0 Å². The first-order valence-electron chi connectivity index (χ1n) is 4.92. The summed E-state index contributed by atoms with van der Waals surface area (Å²) in [4.78, 5) is 11.9. The fraction of sp³-hybridized carbons (Fsp3) is 0.583. The molecule has 0 heterocycles. The highest BCUT2D eigenvalue weighted by Gasteiger charge is 2.51. The van der Waals surface area contributed by atoms with Gasteiger partial charge in [-0.2, -0.15) is 0 Å². The van der Waals surface area contributed by atoms with Crippen molar-refractivity contribution in [3.8, 4) is 0 Å². The van der Waals surface area contributed by atoms with Crippen molar-refractivity contribution in [2.75, 3.05) is 0 Å². The monoisotopic (exact) mass is 178 g/mol. The average molecular weight is 178 g/mol.